The maximum Gasteiger partial charge on any atom is 0.257 e. The van der Waals surface area contributed by atoms with Crippen LogP contribution in [0.15, 0.2) is 18.2 Å². The van der Waals surface area contributed by atoms with Gasteiger partial charge in [0, 0.05) is 22.9 Å². The van der Waals surface area contributed by atoms with E-state index in [4.69, 9.17) is 11.6 Å². The van der Waals surface area contributed by atoms with Crippen LogP contribution < -0.4 is 0 Å². The third-order valence-corrected chi connectivity index (χ3v) is 4.34. The van der Waals surface area contributed by atoms with E-state index in [1.54, 1.807) is 18.0 Å². The van der Waals surface area contributed by atoms with Gasteiger partial charge in [-0.25, -0.2) is 0 Å². The second kappa shape index (κ2) is 5.27. The first-order valence-electron chi connectivity index (χ1n) is 5.12. The Bertz CT molecular complexity index is 435. The number of hydrogen-bond donors (Lipinski definition) is 1. The van der Waals surface area contributed by atoms with Gasteiger partial charge in [-0.2, -0.15) is 0 Å². The molecule has 94 valence electrons. The summed E-state index contributed by atoms with van der Waals surface area (Å²) in [5, 5.41) is 10.8. The molecule has 1 rings (SSSR count). The molecule has 0 aromatic heterocycles. The molecular weight excluding hydrogens is 305 g/mol. The Hall–Kier alpha value is -0.740. The zero-order valence-corrected chi connectivity index (χ0v) is 12.3. The summed E-state index contributed by atoms with van der Waals surface area (Å²) in [5.74, 6) is -0.330. The third-order valence-electron chi connectivity index (χ3n) is 2.73. The Morgan fingerprint density at radius 1 is 1.53 bits per heavy atom. The summed E-state index contributed by atoms with van der Waals surface area (Å²) in [6.45, 7) is 3.87. The van der Waals surface area contributed by atoms with Crippen molar-refractivity contribution in [1.82, 2.24) is 4.90 Å². The van der Waals surface area contributed by atoms with Gasteiger partial charge >= 0.3 is 0 Å². The molecule has 1 aromatic carbocycles. The summed E-state index contributed by atoms with van der Waals surface area (Å²) in [5.41, 5.74) is -0.0747. The van der Waals surface area contributed by atoms with E-state index in [0.29, 0.717) is 10.4 Å². The lowest BCUT2D eigenvalue weighted by Crippen LogP contribution is -2.46. The van der Waals surface area contributed by atoms with Gasteiger partial charge in [-0.05, 0) is 32.0 Å². The quantitative estimate of drug-likeness (QED) is 0.868. The molecule has 0 bridgehead atoms. The topological polar surface area (TPSA) is 40.5 Å². The second-order valence-electron chi connectivity index (χ2n) is 4.47. The average molecular weight is 321 g/mol. The predicted octanol–water partition coefficient (Wildman–Crippen LogP) is 3.29. The van der Waals surface area contributed by atoms with Crippen molar-refractivity contribution in [1.29, 1.82) is 0 Å². The fraction of sp³-hybridized carbons (Fsp3) is 0.417. The number of halogens is 2. The van der Waals surface area contributed by atoms with Crippen LogP contribution in [0.25, 0.3) is 0 Å². The van der Waals surface area contributed by atoms with Gasteiger partial charge in [0.25, 0.3) is 5.91 Å². The predicted molar refractivity (Wildman–Crippen MR) is 73.1 cm³/mol. The van der Waals surface area contributed by atoms with E-state index < -0.39 is 0 Å². The summed E-state index contributed by atoms with van der Waals surface area (Å²) >= 11 is 9.09. The van der Waals surface area contributed by atoms with Gasteiger partial charge in [0.05, 0.1) is 5.56 Å². The van der Waals surface area contributed by atoms with Crippen LogP contribution in [0, 0.1) is 0 Å². The van der Waals surface area contributed by atoms with E-state index >= 15 is 0 Å². The molecule has 0 unspecified atom stereocenters. The number of nitrogens with zero attached hydrogens (tertiary/aromatic N) is 1. The molecule has 0 heterocycles. The Balaban J connectivity index is 3.05. The van der Waals surface area contributed by atoms with Crippen molar-refractivity contribution in [2.75, 3.05) is 12.4 Å². The second-order valence-corrected chi connectivity index (χ2v) is 5.47. The summed E-state index contributed by atoms with van der Waals surface area (Å²) in [6.07, 6.45) is 0. The first-order chi connectivity index (χ1) is 7.79. The zero-order valence-electron chi connectivity index (χ0n) is 10.00. The molecule has 1 aromatic rings. The zero-order chi connectivity index (χ0) is 13.2. The lowest BCUT2D eigenvalue weighted by atomic mass is 10.0. The highest BCUT2D eigenvalue weighted by Gasteiger charge is 2.28. The molecule has 0 radical (unpaired) electrons. The van der Waals surface area contributed by atoms with Crippen LogP contribution in [0.4, 0.5) is 0 Å². The molecule has 0 fully saturated rings. The standard InChI is InChI=1S/C12H15BrClNO2/c1-12(2,7-13)15(3)11(17)9-5-4-8(14)6-10(9)16/h4-6,16H,7H2,1-3H3. The number of phenolic OH excluding ortho intramolecular Hbond substituents is 1. The van der Waals surface area contributed by atoms with Crippen molar-refractivity contribution in [3.8, 4) is 5.75 Å². The van der Waals surface area contributed by atoms with Crippen LogP contribution in [-0.2, 0) is 0 Å². The van der Waals surface area contributed by atoms with E-state index in [1.165, 1.54) is 12.1 Å². The fourth-order valence-corrected chi connectivity index (χ4v) is 1.77. The van der Waals surface area contributed by atoms with E-state index in [2.05, 4.69) is 15.9 Å². The molecule has 0 saturated heterocycles. The lowest BCUT2D eigenvalue weighted by molar-refractivity contribution is 0.0660. The Kier molecular flexibility index (Phi) is 4.44. The van der Waals surface area contributed by atoms with Crippen molar-refractivity contribution in [2.24, 2.45) is 0 Å². The number of rotatable bonds is 3. The highest BCUT2D eigenvalue weighted by molar-refractivity contribution is 9.09. The summed E-state index contributed by atoms with van der Waals surface area (Å²) in [7, 11) is 1.71. The molecule has 0 aliphatic carbocycles. The molecule has 0 aliphatic heterocycles. The van der Waals surface area contributed by atoms with Crippen LogP contribution in [0.1, 0.15) is 24.2 Å². The molecule has 0 atom stereocenters. The van der Waals surface area contributed by atoms with Crippen molar-refractivity contribution >= 4 is 33.4 Å². The number of amides is 1. The monoisotopic (exact) mass is 319 g/mol. The van der Waals surface area contributed by atoms with E-state index in [9.17, 15) is 9.90 Å². The SMILES string of the molecule is CN(C(=O)c1ccc(Cl)cc1O)C(C)(C)CBr. The van der Waals surface area contributed by atoms with Crippen LogP contribution in [0.2, 0.25) is 5.02 Å². The van der Waals surface area contributed by atoms with Crippen LogP contribution >= 0.6 is 27.5 Å². The molecular formula is C12H15BrClNO2. The average Bonchev–Trinajstić information content (AvgIpc) is 2.27. The van der Waals surface area contributed by atoms with Gasteiger partial charge in [0.2, 0.25) is 0 Å². The van der Waals surface area contributed by atoms with E-state index in [1.807, 2.05) is 13.8 Å². The first kappa shape index (κ1) is 14.3. The number of carbonyl (C=O) groups is 1. The van der Waals surface area contributed by atoms with Gasteiger partial charge in [-0.1, -0.05) is 27.5 Å². The third kappa shape index (κ3) is 3.13. The number of aromatic hydroxyl groups is 1. The van der Waals surface area contributed by atoms with Crippen molar-refractivity contribution in [3.63, 3.8) is 0 Å². The number of hydrogen-bond acceptors (Lipinski definition) is 2. The highest BCUT2D eigenvalue weighted by Crippen LogP contribution is 2.25. The minimum absolute atomic E-state index is 0.0975. The smallest absolute Gasteiger partial charge is 0.257 e. The first-order valence-corrected chi connectivity index (χ1v) is 6.62. The maximum atomic E-state index is 12.2. The van der Waals surface area contributed by atoms with Gasteiger partial charge < -0.3 is 10.0 Å². The van der Waals surface area contributed by atoms with Crippen LogP contribution in [-0.4, -0.2) is 33.8 Å². The largest absolute Gasteiger partial charge is 0.507 e. The molecule has 1 amide bonds. The molecule has 0 spiro atoms. The lowest BCUT2D eigenvalue weighted by Gasteiger charge is -2.34. The normalized spacial score (nSPS) is 11.4. The van der Waals surface area contributed by atoms with Gasteiger partial charge in [0.1, 0.15) is 5.75 Å². The summed E-state index contributed by atoms with van der Waals surface area (Å²) in [6, 6.07) is 4.48. The number of benzene rings is 1. The number of carbonyl (C=O) groups excluding carboxylic acids is 1. The van der Waals surface area contributed by atoms with Gasteiger partial charge in [-0.3, -0.25) is 4.79 Å². The highest BCUT2D eigenvalue weighted by atomic mass is 79.9. The molecule has 0 aliphatic rings. The van der Waals surface area contributed by atoms with Crippen LogP contribution in [0.5, 0.6) is 5.75 Å². The van der Waals surface area contributed by atoms with Crippen LogP contribution in [0.3, 0.4) is 0 Å². The van der Waals surface area contributed by atoms with Crippen molar-refractivity contribution in [3.05, 3.63) is 28.8 Å². The minimum Gasteiger partial charge on any atom is -0.507 e. The molecule has 3 nitrogen and oxygen atoms in total. The molecule has 0 saturated carbocycles. The number of alkyl halides is 1. The maximum absolute atomic E-state index is 12.2. The Morgan fingerprint density at radius 3 is 2.59 bits per heavy atom. The van der Waals surface area contributed by atoms with Crippen molar-refractivity contribution < 1.29 is 9.90 Å². The van der Waals surface area contributed by atoms with Gasteiger partial charge in [0.15, 0.2) is 0 Å². The number of phenols is 1. The summed E-state index contributed by atoms with van der Waals surface area (Å²) < 4.78 is 0. The Morgan fingerprint density at radius 2 is 2.12 bits per heavy atom. The molecule has 1 N–H and O–H groups in total. The van der Waals surface area contributed by atoms with Crippen molar-refractivity contribution in [2.45, 2.75) is 19.4 Å². The summed E-state index contributed by atoms with van der Waals surface area (Å²) in [4.78, 5) is 13.8. The fourth-order valence-electron chi connectivity index (χ4n) is 1.23. The van der Waals surface area contributed by atoms with E-state index in [-0.39, 0.29) is 22.8 Å². The Labute approximate surface area is 115 Å². The molecule has 5 heteroatoms. The van der Waals surface area contributed by atoms with Gasteiger partial charge in [-0.15, -0.1) is 0 Å². The van der Waals surface area contributed by atoms with E-state index in [0.717, 1.165) is 0 Å². The molecule has 17 heavy (non-hydrogen) atoms. The minimum atomic E-state index is -0.330.